The van der Waals surface area contributed by atoms with Gasteiger partial charge < -0.3 is 10.2 Å². The summed E-state index contributed by atoms with van der Waals surface area (Å²) in [5.74, 6) is 0.536. The average Bonchev–Trinajstić information content (AvgIpc) is 2.91. The molecule has 38 heavy (non-hydrogen) atoms. The minimum atomic E-state index is -0.228. The van der Waals surface area contributed by atoms with E-state index in [1.807, 2.05) is 12.1 Å². The van der Waals surface area contributed by atoms with Gasteiger partial charge in [-0.1, -0.05) is 46.9 Å². The smallest absolute Gasteiger partial charge is 0.255 e. The van der Waals surface area contributed by atoms with Gasteiger partial charge in [-0.05, 0) is 80.9 Å². The summed E-state index contributed by atoms with van der Waals surface area (Å²) in [6.45, 7) is 8.21. The van der Waals surface area contributed by atoms with Gasteiger partial charge in [-0.3, -0.25) is 14.6 Å². The first-order valence-corrected chi connectivity index (χ1v) is 14.2. The molecule has 1 N–H and O–H groups in total. The Labute approximate surface area is 239 Å². The summed E-state index contributed by atoms with van der Waals surface area (Å²) in [6.07, 6.45) is 4.03. The largest absolute Gasteiger partial charge is 0.353 e. The van der Waals surface area contributed by atoms with Crippen molar-refractivity contribution in [3.8, 4) is 0 Å². The molecule has 5 rings (SSSR count). The zero-order valence-corrected chi connectivity index (χ0v) is 23.7. The number of carbonyl (C=O) groups is 1. The fourth-order valence-corrected chi connectivity index (χ4v) is 6.04. The maximum atomic E-state index is 12.5. The first-order chi connectivity index (χ1) is 18.4. The molecule has 0 radical (unpaired) electrons. The summed E-state index contributed by atoms with van der Waals surface area (Å²) < 4.78 is 0. The molecule has 0 saturated carbocycles. The highest BCUT2D eigenvalue weighted by molar-refractivity contribution is 6.33. The van der Waals surface area contributed by atoms with E-state index in [0.29, 0.717) is 33.4 Å². The highest BCUT2D eigenvalue weighted by Gasteiger charge is 2.32. The number of nitrogens with one attached hydrogen (secondary N) is 1. The highest BCUT2D eigenvalue weighted by Crippen LogP contribution is 2.30. The fourth-order valence-electron chi connectivity index (χ4n) is 5.50. The second-order valence-electron chi connectivity index (χ2n) is 10.2. The number of likely N-dealkylation sites (tertiary alicyclic amines) is 1. The SMILES string of the molecule is C[C@H]1CN(c2ncc(NC(=O)c3ccc(Cl)cc3)cc2Cl)CCN1C1CCN(Cc2ccc(Cl)cc2)CC1. The lowest BCUT2D eigenvalue weighted by molar-refractivity contribution is 0.0690. The Hall–Kier alpha value is -2.35. The standard InChI is InChI=1S/C29H32Cl3N5O/c1-20-18-36(28-27(32)16-25(17-33-28)34-29(38)22-4-8-24(31)9-5-22)14-15-37(20)26-10-12-35(13-11-26)19-21-2-6-23(30)7-3-21/h2-9,16-17,20,26H,10-15,18-19H2,1H3,(H,34,38)/t20-/m0/s1. The molecular formula is C29H32Cl3N5O. The molecule has 2 fully saturated rings. The molecule has 2 saturated heterocycles. The van der Waals surface area contributed by atoms with E-state index >= 15 is 0 Å². The van der Waals surface area contributed by atoms with Crippen LogP contribution >= 0.6 is 34.8 Å². The van der Waals surface area contributed by atoms with Crippen LogP contribution in [0.4, 0.5) is 11.5 Å². The third-order valence-electron chi connectivity index (χ3n) is 7.51. The van der Waals surface area contributed by atoms with Crippen molar-refractivity contribution in [1.29, 1.82) is 0 Å². The summed E-state index contributed by atoms with van der Waals surface area (Å²) in [6, 6.07) is 17.7. The lowest BCUT2D eigenvalue weighted by Gasteiger charge is -2.47. The maximum absolute atomic E-state index is 12.5. The van der Waals surface area contributed by atoms with Crippen LogP contribution in [0.5, 0.6) is 0 Å². The van der Waals surface area contributed by atoms with Crippen LogP contribution in [0.1, 0.15) is 35.7 Å². The zero-order valence-electron chi connectivity index (χ0n) is 21.4. The summed E-state index contributed by atoms with van der Waals surface area (Å²) >= 11 is 18.6. The molecule has 1 amide bonds. The first kappa shape index (κ1) is 27.2. The average molecular weight is 573 g/mol. The van der Waals surface area contributed by atoms with Crippen molar-refractivity contribution in [3.63, 3.8) is 0 Å². The van der Waals surface area contributed by atoms with Crippen LogP contribution in [0.2, 0.25) is 15.1 Å². The third-order valence-corrected chi connectivity index (χ3v) is 8.29. The van der Waals surface area contributed by atoms with Gasteiger partial charge in [0.15, 0.2) is 0 Å². The summed E-state index contributed by atoms with van der Waals surface area (Å²) in [4.78, 5) is 24.6. The molecule has 9 heteroatoms. The monoisotopic (exact) mass is 571 g/mol. The zero-order chi connectivity index (χ0) is 26.6. The minimum Gasteiger partial charge on any atom is -0.353 e. The van der Waals surface area contributed by atoms with E-state index in [4.69, 9.17) is 34.8 Å². The molecule has 1 aromatic heterocycles. The van der Waals surface area contributed by atoms with Gasteiger partial charge in [-0.15, -0.1) is 0 Å². The number of piperidine rings is 1. The van der Waals surface area contributed by atoms with Gasteiger partial charge in [0.2, 0.25) is 0 Å². The van der Waals surface area contributed by atoms with Crippen molar-refractivity contribution >= 4 is 52.2 Å². The topological polar surface area (TPSA) is 51.7 Å². The van der Waals surface area contributed by atoms with Gasteiger partial charge in [0.05, 0.1) is 16.9 Å². The van der Waals surface area contributed by atoms with E-state index in [-0.39, 0.29) is 5.91 Å². The van der Waals surface area contributed by atoms with Gasteiger partial charge in [-0.25, -0.2) is 4.98 Å². The number of anilines is 2. The molecule has 1 atom stereocenters. The number of halogens is 3. The lowest BCUT2D eigenvalue weighted by Crippen LogP contribution is -2.57. The Morgan fingerprint density at radius 1 is 0.947 bits per heavy atom. The van der Waals surface area contributed by atoms with E-state index in [1.165, 1.54) is 18.4 Å². The normalized spacial score (nSPS) is 19.5. The van der Waals surface area contributed by atoms with Crippen molar-refractivity contribution in [2.75, 3.05) is 42.9 Å². The number of hydrogen-bond donors (Lipinski definition) is 1. The second kappa shape index (κ2) is 12.2. The Morgan fingerprint density at radius 3 is 2.24 bits per heavy atom. The van der Waals surface area contributed by atoms with E-state index < -0.39 is 0 Å². The molecular weight excluding hydrogens is 541 g/mol. The van der Waals surface area contributed by atoms with E-state index in [0.717, 1.165) is 50.1 Å². The third kappa shape index (κ3) is 6.61. The predicted molar refractivity (Wildman–Crippen MR) is 157 cm³/mol. The number of amides is 1. The van der Waals surface area contributed by atoms with Crippen molar-refractivity contribution in [3.05, 3.63) is 87.0 Å². The van der Waals surface area contributed by atoms with Crippen LogP contribution in [0, 0.1) is 0 Å². The van der Waals surface area contributed by atoms with Crippen LogP contribution in [0.3, 0.4) is 0 Å². The van der Waals surface area contributed by atoms with Gasteiger partial charge in [0.1, 0.15) is 5.82 Å². The van der Waals surface area contributed by atoms with Crippen LogP contribution < -0.4 is 10.2 Å². The number of nitrogens with zero attached hydrogens (tertiary/aromatic N) is 4. The van der Waals surface area contributed by atoms with Crippen molar-refractivity contribution in [2.24, 2.45) is 0 Å². The molecule has 3 heterocycles. The van der Waals surface area contributed by atoms with Gasteiger partial charge in [0, 0.05) is 53.9 Å². The van der Waals surface area contributed by atoms with Gasteiger partial charge in [-0.2, -0.15) is 0 Å². The van der Waals surface area contributed by atoms with E-state index in [2.05, 4.69) is 44.1 Å². The van der Waals surface area contributed by atoms with Crippen LogP contribution in [0.25, 0.3) is 0 Å². The van der Waals surface area contributed by atoms with Gasteiger partial charge >= 0.3 is 0 Å². The van der Waals surface area contributed by atoms with E-state index in [1.54, 1.807) is 36.5 Å². The van der Waals surface area contributed by atoms with Crippen molar-refractivity contribution in [1.82, 2.24) is 14.8 Å². The van der Waals surface area contributed by atoms with Crippen molar-refractivity contribution < 1.29 is 4.79 Å². The summed E-state index contributed by atoms with van der Waals surface area (Å²) in [5, 5.41) is 4.77. The Morgan fingerprint density at radius 2 is 1.61 bits per heavy atom. The Kier molecular flexibility index (Phi) is 8.76. The van der Waals surface area contributed by atoms with E-state index in [9.17, 15) is 4.79 Å². The fraction of sp³-hybridized carbons (Fsp3) is 0.379. The number of carbonyl (C=O) groups excluding carboxylic acids is 1. The lowest BCUT2D eigenvalue weighted by atomic mass is 9.99. The quantitative estimate of drug-likeness (QED) is 0.367. The highest BCUT2D eigenvalue weighted by atomic mass is 35.5. The van der Waals surface area contributed by atoms with Crippen molar-refractivity contribution in [2.45, 2.75) is 38.4 Å². The predicted octanol–water partition coefficient (Wildman–Crippen LogP) is 6.47. The molecule has 0 bridgehead atoms. The maximum Gasteiger partial charge on any atom is 0.255 e. The number of hydrogen-bond acceptors (Lipinski definition) is 5. The molecule has 6 nitrogen and oxygen atoms in total. The van der Waals surface area contributed by atoms with Gasteiger partial charge in [0.25, 0.3) is 5.91 Å². The summed E-state index contributed by atoms with van der Waals surface area (Å²) in [7, 11) is 0. The Balaban J connectivity index is 1.13. The summed E-state index contributed by atoms with van der Waals surface area (Å²) in [5.41, 5.74) is 2.40. The molecule has 2 aromatic carbocycles. The molecule has 2 aliphatic heterocycles. The Bertz CT molecular complexity index is 1250. The molecule has 200 valence electrons. The second-order valence-corrected chi connectivity index (χ2v) is 11.4. The molecule has 3 aromatic rings. The van der Waals surface area contributed by atoms with Crippen LogP contribution in [0.15, 0.2) is 60.8 Å². The minimum absolute atomic E-state index is 0.228. The first-order valence-electron chi connectivity index (χ1n) is 13.1. The molecule has 0 unspecified atom stereocenters. The number of piperazine rings is 1. The molecule has 2 aliphatic rings. The number of aromatic nitrogens is 1. The molecule has 0 spiro atoms. The number of pyridine rings is 1. The number of rotatable bonds is 6. The van der Waals surface area contributed by atoms with Crippen LogP contribution in [-0.2, 0) is 6.54 Å². The van der Waals surface area contributed by atoms with Crippen LogP contribution in [-0.4, -0.2) is 65.5 Å². The molecule has 0 aliphatic carbocycles. The number of benzene rings is 2.